The predicted molar refractivity (Wildman–Crippen MR) is 131 cm³/mol. The second-order valence-corrected chi connectivity index (χ2v) is 8.94. The van der Waals surface area contributed by atoms with Crippen LogP contribution in [0.3, 0.4) is 0 Å². The highest BCUT2D eigenvalue weighted by molar-refractivity contribution is 6.03. The number of benzene rings is 1. The summed E-state index contributed by atoms with van der Waals surface area (Å²) < 4.78 is 11.7. The van der Waals surface area contributed by atoms with E-state index in [4.69, 9.17) is 14.1 Å². The summed E-state index contributed by atoms with van der Waals surface area (Å²) in [7, 11) is 1.82. The maximum absolute atomic E-state index is 12.3. The van der Waals surface area contributed by atoms with Gasteiger partial charge in [0.2, 0.25) is 11.8 Å². The fourth-order valence-electron chi connectivity index (χ4n) is 4.47. The van der Waals surface area contributed by atoms with E-state index in [-0.39, 0.29) is 11.8 Å². The lowest BCUT2D eigenvalue weighted by Gasteiger charge is -2.35. The molecule has 0 unspecified atom stereocenters. The SMILES string of the molecule is CNc1ncc(-c2nc3cc(N4CCOC[C@@H]4C)ccc3o2)c2cc(NC(=O)C3CC3)ncc12. The van der Waals surface area contributed by atoms with Crippen molar-refractivity contribution in [3.63, 3.8) is 0 Å². The van der Waals surface area contributed by atoms with Gasteiger partial charge in [-0.15, -0.1) is 0 Å². The van der Waals surface area contributed by atoms with Crippen molar-refractivity contribution < 1.29 is 13.9 Å². The van der Waals surface area contributed by atoms with Crippen LogP contribution in [0.1, 0.15) is 19.8 Å². The molecule has 1 aliphatic heterocycles. The number of rotatable bonds is 5. The Morgan fingerprint density at radius 1 is 1.15 bits per heavy atom. The number of amides is 1. The van der Waals surface area contributed by atoms with Gasteiger partial charge in [-0.2, -0.15) is 0 Å². The van der Waals surface area contributed by atoms with Crippen molar-refractivity contribution in [2.45, 2.75) is 25.8 Å². The van der Waals surface area contributed by atoms with Crippen LogP contribution in [0.15, 0.2) is 41.1 Å². The third-order valence-electron chi connectivity index (χ3n) is 6.51. The molecular formula is C25H26N6O3. The normalized spacial score (nSPS) is 18.4. The summed E-state index contributed by atoms with van der Waals surface area (Å²) in [6.07, 6.45) is 5.34. The van der Waals surface area contributed by atoms with Crippen molar-refractivity contribution in [2.75, 3.05) is 42.3 Å². The first-order chi connectivity index (χ1) is 16.6. The number of ether oxygens (including phenoxy) is 1. The quantitative estimate of drug-likeness (QED) is 0.461. The maximum Gasteiger partial charge on any atom is 0.229 e. The van der Waals surface area contributed by atoms with E-state index in [0.717, 1.165) is 53.5 Å². The molecule has 0 spiro atoms. The second kappa shape index (κ2) is 8.25. The van der Waals surface area contributed by atoms with Gasteiger partial charge in [-0.3, -0.25) is 4.79 Å². The number of carbonyl (C=O) groups excluding carboxylic acids is 1. The predicted octanol–water partition coefficient (Wildman–Crippen LogP) is 4.05. The lowest BCUT2D eigenvalue weighted by Crippen LogP contribution is -2.43. The molecular weight excluding hydrogens is 432 g/mol. The van der Waals surface area contributed by atoms with Crippen molar-refractivity contribution in [1.29, 1.82) is 0 Å². The Labute approximate surface area is 196 Å². The van der Waals surface area contributed by atoms with Crippen molar-refractivity contribution in [1.82, 2.24) is 15.0 Å². The number of nitrogens with one attached hydrogen (secondary N) is 2. The Balaban J connectivity index is 1.41. The van der Waals surface area contributed by atoms with E-state index in [1.54, 1.807) is 12.4 Å². The van der Waals surface area contributed by atoms with Crippen molar-refractivity contribution in [3.8, 4) is 11.5 Å². The monoisotopic (exact) mass is 458 g/mol. The van der Waals surface area contributed by atoms with Crippen molar-refractivity contribution >= 4 is 45.1 Å². The van der Waals surface area contributed by atoms with E-state index in [1.807, 2.05) is 19.2 Å². The van der Waals surface area contributed by atoms with Crippen molar-refractivity contribution in [2.24, 2.45) is 5.92 Å². The number of aromatic nitrogens is 3. The van der Waals surface area contributed by atoms with Gasteiger partial charge in [0.05, 0.1) is 18.8 Å². The number of fused-ring (bicyclic) bond motifs is 2. The molecule has 9 heteroatoms. The minimum Gasteiger partial charge on any atom is -0.436 e. The van der Waals surface area contributed by atoms with Crippen LogP contribution in [0.2, 0.25) is 0 Å². The number of oxazole rings is 1. The zero-order valence-electron chi connectivity index (χ0n) is 19.2. The van der Waals surface area contributed by atoms with Gasteiger partial charge in [0.15, 0.2) is 5.58 Å². The van der Waals surface area contributed by atoms with E-state index < -0.39 is 0 Å². The van der Waals surface area contributed by atoms with E-state index >= 15 is 0 Å². The van der Waals surface area contributed by atoms with Gasteiger partial charge < -0.3 is 24.7 Å². The standard InChI is InChI=1S/C25H26N6O3/c1-14-13-33-8-7-31(14)16-5-6-21-20(9-16)29-25(34-21)19-12-28-23(26-2)18-11-27-22(10-17(18)19)30-24(32)15-3-4-15/h5-6,9-12,14-15H,3-4,7-8,13H2,1-2H3,(H,26,28)(H,27,30,32)/t14-/m0/s1. The average Bonchev–Trinajstić information content (AvgIpc) is 3.62. The van der Waals surface area contributed by atoms with Crippen LogP contribution in [-0.4, -0.2) is 53.7 Å². The molecule has 2 fully saturated rings. The molecule has 0 radical (unpaired) electrons. The molecule has 3 aromatic heterocycles. The Bertz CT molecular complexity index is 1400. The molecule has 2 N–H and O–H groups in total. The van der Waals surface area contributed by atoms with Gasteiger partial charge in [-0.25, -0.2) is 15.0 Å². The van der Waals surface area contributed by atoms with Gasteiger partial charge in [0.1, 0.15) is 17.2 Å². The Kier molecular flexibility index (Phi) is 5.06. The third-order valence-corrected chi connectivity index (χ3v) is 6.51. The van der Waals surface area contributed by atoms with Crippen LogP contribution in [0.5, 0.6) is 0 Å². The number of morpholine rings is 1. The molecule has 4 heterocycles. The van der Waals surface area contributed by atoms with E-state index in [9.17, 15) is 4.79 Å². The first-order valence-corrected chi connectivity index (χ1v) is 11.6. The number of anilines is 3. The van der Waals surface area contributed by atoms with Gasteiger partial charge >= 0.3 is 0 Å². The summed E-state index contributed by atoms with van der Waals surface area (Å²) in [5, 5.41) is 7.72. The van der Waals surface area contributed by atoms with Crippen LogP contribution < -0.4 is 15.5 Å². The number of hydrogen-bond donors (Lipinski definition) is 2. The smallest absolute Gasteiger partial charge is 0.229 e. The number of pyridine rings is 2. The minimum atomic E-state index is 0.0167. The zero-order chi connectivity index (χ0) is 23.2. The van der Waals surface area contributed by atoms with Crippen LogP contribution >= 0.6 is 0 Å². The molecule has 1 atom stereocenters. The first kappa shape index (κ1) is 20.9. The van der Waals surface area contributed by atoms with Crippen LogP contribution in [0.4, 0.5) is 17.3 Å². The molecule has 1 aromatic carbocycles. The second-order valence-electron chi connectivity index (χ2n) is 8.94. The largest absolute Gasteiger partial charge is 0.436 e. The molecule has 0 bridgehead atoms. The van der Waals surface area contributed by atoms with E-state index in [1.165, 1.54) is 0 Å². The molecule has 174 valence electrons. The first-order valence-electron chi connectivity index (χ1n) is 11.6. The molecule has 9 nitrogen and oxygen atoms in total. The molecule has 34 heavy (non-hydrogen) atoms. The lowest BCUT2D eigenvalue weighted by molar-refractivity contribution is -0.117. The minimum absolute atomic E-state index is 0.0167. The van der Waals surface area contributed by atoms with E-state index in [0.29, 0.717) is 35.8 Å². The summed E-state index contributed by atoms with van der Waals surface area (Å²) in [4.78, 5) is 28.4. The lowest BCUT2D eigenvalue weighted by atomic mass is 10.1. The van der Waals surface area contributed by atoms with Crippen LogP contribution in [-0.2, 0) is 9.53 Å². The van der Waals surface area contributed by atoms with Gasteiger partial charge in [0, 0.05) is 54.4 Å². The highest BCUT2D eigenvalue weighted by Gasteiger charge is 2.30. The van der Waals surface area contributed by atoms with Crippen molar-refractivity contribution in [3.05, 3.63) is 36.7 Å². The fourth-order valence-corrected chi connectivity index (χ4v) is 4.47. The molecule has 1 saturated carbocycles. The summed E-state index contributed by atoms with van der Waals surface area (Å²) in [6.45, 7) is 4.44. The highest BCUT2D eigenvalue weighted by Crippen LogP contribution is 2.35. The summed E-state index contributed by atoms with van der Waals surface area (Å²) in [6, 6.07) is 8.25. The van der Waals surface area contributed by atoms with Gasteiger partial charge in [0.25, 0.3) is 0 Å². The molecule has 4 aromatic rings. The van der Waals surface area contributed by atoms with Crippen LogP contribution in [0, 0.1) is 5.92 Å². The topological polar surface area (TPSA) is 105 Å². The average molecular weight is 459 g/mol. The van der Waals surface area contributed by atoms with Gasteiger partial charge in [-0.1, -0.05) is 0 Å². The number of nitrogens with zero attached hydrogens (tertiary/aromatic N) is 4. The molecule has 1 aliphatic carbocycles. The summed E-state index contributed by atoms with van der Waals surface area (Å²) in [5.74, 6) is 1.81. The zero-order valence-corrected chi connectivity index (χ0v) is 19.2. The Morgan fingerprint density at radius 3 is 2.82 bits per heavy atom. The maximum atomic E-state index is 12.3. The molecule has 1 amide bonds. The summed E-state index contributed by atoms with van der Waals surface area (Å²) in [5.41, 5.74) is 3.34. The number of hydrogen-bond acceptors (Lipinski definition) is 8. The Hall–Kier alpha value is -3.72. The highest BCUT2D eigenvalue weighted by atomic mass is 16.5. The Morgan fingerprint density at radius 2 is 2.03 bits per heavy atom. The molecule has 6 rings (SSSR count). The van der Waals surface area contributed by atoms with Crippen LogP contribution in [0.25, 0.3) is 33.3 Å². The van der Waals surface area contributed by atoms with E-state index in [2.05, 4.69) is 44.6 Å². The fraction of sp³-hybridized carbons (Fsp3) is 0.360. The number of carbonyl (C=O) groups is 1. The molecule has 2 aliphatic rings. The third kappa shape index (κ3) is 3.71. The van der Waals surface area contributed by atoms with Gasteiger partial charge in [-0.05, 0) is 44.0 Å². The summed E-state index contributed by atoms with van der Waals surface area (Å²) >= 11 is 0. The molecule has 1 saturated heterocycles.